The first-order valence-corrected chi connectivity index (χ1v) is 7.85. The number of ether oxygens (including phenoxy) is 6. The highest BCUT2D eigenvalue weighted by atomic mass is 16.9. The van der Waals surface area contributed by atoms with Crippen molar-refractivity contribution < 1.29 is 43.4 Å². The largest absolute Gasteiger partial charge is 0.467 e. The van der Waals surface area contributed by atoms with Crippen molar-refractivity contribution in [2.45, 2.75) is 82.2 Å². The molecule has 3 aliphatic heterocycles. The van der Waals surface area contributed by atoms with E-state index >= 15 is 0 Å². The van der Waals surface area contributed by atoms with Gasteiger partial charge in [-0.25, -0.2) is 4.79 Å². The summed E-state index contributed by atoms with van der Waals surface area (Å²) in [6.07, 6.45) is -7.09. The van der Waals surface area contributed by atoms with Crippen LogP contribution in [0.15, 0.2) is 0 Å². The summed E-state index contributed by atoms with van der Waals surface area (Å²) in [7, 11) is 1.12. The Morgan fingerprint density at radius 1 is 0.958 bits per heavy atom. The molecular weight excluding hydrogens is 324 g/mol. The Labute approximate surface area is 139 Å². The number of rotatable bonds is 3. The number of hydrogen-bond acceptors (Lipinski definition) is 9. The maximum atomic E-state index is 11.5. The molecule has 0 aliphatic carbocycles. The van der Waals surface area contributed by atoms with E-state index in [0.717, 1.165) is 7.11 Å². The van der Waals surface area contributed by atoms with Gasteiger partial charge in [0.05, 0.1) is 7.11 Å². The summed E-state index contributed by atoms with van der Waals surface area (Å²) in [5, 5.41) is 20.4. The van der Waals surface area contributed by atoms with Gasteiger partial charge in [-0.3, -0.25) is 0 Å². The molecule has 0 unspecified atom stereocenters. The van der Waals surface area contributed by atoms with Crippen LogP contribution in [0.4, 0.5) is 0 Å². The predicted molar refractivity (Wildman–Crippen MR) is 76.6 cm³/mol. The van der Waals surface area contributed by atoms with Gasteiger partial charge in [-0.1, -0.05) is 0 Å². The average molecular weight is 348 g/mol. The van der Waals surface area contributed by atoms with Gasteiger partial charge in [-0.15, -0.1) is 0 Å². The second kappa shape index (κ2) is 5.87. The molecule has 0 aromatic carbocycles. The van der Waals surface area contributed by atoms with Crippen molar-refractivity contribution in [3.05, 3.63) is 0 Å². The summed E-state index contributed by atoms with van der Waals surface area (Å²) in [5.41, 5.74) is 0. The molecule has 0 radical (unpaired) electrons. The molecule has 9 nitrogen and oxygen atoms in total. The molecule has 7 atom stereocenters. The number of esters is 1. The van der Waals surface area contributed by atoms with Crippen LogP contribution in [0.25, 0.3) is 0 Å². The normalized spacial score (nSPS) is 42.0. The van der Waals surface area contributed by atoms with Crippen molar-refractivity contribution in [2.75, 3.05) is 7.11 Å². The molecule has 0 aromatic heterocycles. The van der Waals surface area contributed by atoms with E-state index < -0.39 is 60.5 Å². The maximum absolute atomic E-state index is 11.5. The Kier molecular flexibility index (Phi) is 4.40. The summed E-state index contributed by atoms with van der Waals surface area (Å²) < 4.78 is 33.5. The van der Waals surface area contributed by atoms with Crippen LogP contribution in [0.3, 0.4) is 0 Å². The van der Waals surface area contributed by atoms with Crippen LogP contribution in [0.2, 0.25) is 0 Å². The molecule has 3 saturated heterocycles. The van der Waals surface area contributed by atoms with Gasteiger partial charge < -0.3 is 38.6 Å². The summed E-state index contributed by atoms with van der Waals surface area (Å²) in [6.45, 7) is 6.92. The summed E-state index contributed by atoms with van der Waals surface area (Å²) in [6, 6.07) is 0. The van der Waals surface area contributed by atoms with Gasteiger partial charge in [0.15, 0.2) is 24.0 Å². The summed E-state index contributed by atoms with van der Waals surface area (Å²) in [4.78, 5) is 11.5. The van der Waals surface area contributed by atoms with Crippen molar-refractivity contribution in [3.63, 3.8) is 0 Å². The minimum atomic E-state index is -1.78. The van der Waals surface area contributed by atoms with E-state index in [-0.39, 0.29) is 0 Å². The lowest BCUT2D eigenvalue weighted by molar-refractivity contribution is -0.261. The molecule has 2 N–H and O–H groups in total. The number of aliphatic hydroxyl groups is 2. The maximum Gasteiger partial charge on any atom is 0.337 e. The van der Waals surface area contributed by atoms with Crippen molar-refractivity contribution in [1.82, 2.24) is 0 Å². The van der Waals surface area contributed by atoms with E-state index in [9.17, 15) is 15.0 Å². The highest BCUT2D eigenvalue weighted by Gasteiger charge is 2.62. The molecule has 0 saturated carbocycles. The van der Waals surface area contributed by atoms with E-state index in [4.69, 9.17) is 23.7 Å². The van der Waals surface area contributed by atoms with E-state index in [0.29, 0.717) is 0 Å². The molecule has 3 aliphatic rings. The van der Waals surface area contributed by atoms with Crippen LogP contribution in [-0.4, -0.2) is 77.8 Å². The topological polar surface area (TPSA) is 113 Å². The lowest BCUT2D eigenvalue weighted by atomic mass is 9.93. The van der Waals surface area contributed by atoms with Gasteiger partial charge in [-0.2, -0.15) is 0 Å². The molecule has 0 aromatic rings. The first kappa shape index (κ1) is 18.0. The quantitative estimate of drug-likeness (QED) is 0.638. The van der Waals surface area contributed by atoms with Crippen LogP contribution in [0, 0.1) is 0 Å². The first-order valence-electron chi connectivity index (χ1n) is 7.85. The number of fused-ring (bicyclic) bond motifs is 3. The molecule has 138 valence electrons. The molecule has 3 heterocycles. The van der Waals surface area contributed by atoms with E-state index in [1.807, 2.05) is 0 Å². The minimum absolute atomic E-state index is 0.550. The van der Waals surface area contributed by atoms with Crippen LogP contribution < -0.4 is 0 Å². The average Bonchev–Trinajstić information content (AvgIpc) is 2.98. The van der Waals surface area contributed by atoms with E-state index in [2.05, 4.69) is 4.74 Å². The third-order valence-corrected chi connectivity index (χ3v) is 4.29. The zero-order chi connectivity index (χ0) is 17.9. The van der Waals surface area contributed by atoms with Gasteiger partial charge in [0.2, 0.25) is 0 Å². The van der Waals surface area contributed by atoms with Crippen LogP contribution in [-0.2, 0) is 33.2 Å². The van der Waals surface area contributed by atoms with Crippen molar-refractivity contribution in [1.29, 1.82) is 0 Å². The Balaban J connectivity index is 1.86. The fourth-order valence-electron chi connectivity index (χ4n) is 3.36. The molecule has 3 rings (SSSR count). The second-order valence-electron chi connectivity index (χ2n) is 7.09. The SMILES string of the molecule is COC(=O)[C@H](O)[C@H](O)[C@H]1O[C@@H]2OC(C)(C)O[C@@H]2[C@H]2OC(C)(C)O[C@H]21. The fourth-order valence-corrected chi connectivity index (χ4v) is 3.36. The second-order valence-corrected chi connectivity index (χ2v) is 7.09. The smallest absolute Gasteiger partial charge is 0.337 e. The highest BCUT2D eigenvalue weighted by molar-refractivity contribution is 5.75. The lowest BCUT2D eigenvalue weighted by Gasteiger charge is -2.39. The zero-order valence-electron chi connectivity index (χ0n) is 14.3. The summed E-state index contributed by atoms with van der Waals surface area (Å²) in [5.74, 6) is -2.79. The Bertz CT molecular complexity index is 505. The fraction of sp³-hybridized carbons (Fsp3) is 0.933. The lowest BCUT2D eigenvalue weighted by Crippen LogP contribution is -2.61. The number of aliphatic hydroxyl groups excluding tert-OH is 2. The molecule has 0 spiro atoms. The van der Waals surface area contributed by atoms with Crippen LogP contribution in [0.5, 0.6) is 0 Å². The van der Waals surface area contributed by atoms with Gasteiger partial charge in [0.1, 0.15) is 30.5 Å². The molecule has 3 fully saturated rings. The monoisotopic (exact) mass is 348 g/mol. The zero-order valence-corrected chi connectivity index (χ0v) is 14.3. The molecular formula is C15H24O9. The Morgan fingerprint density at radius 2 is 1.50 bits per heavy atom. The number of carbonyl (C=O) groups excluding carboxylic acids is 1. The van der Waals surface area contributed by atoms with Gasteiger partial charge in [0.25, 0.3) is 0 Å². The van der Waals surface area contributed by atoms with Crippen LogP contribution in [0.1, 0.15) is 27.7 Å². The Hall–Kier alpha value is -0.810. The first-order chi connectivity index (χ1) is 11.0. The van der Waals surface area contributed by atoms with Crippen molar-refractivity contribution >= 4 is 5.97 Å². The number of hydrogen-bond donors (Lipinski definition) is 2. The van der Waals surface area contributed by atoms with Gasteiger partial charge in [0, 0.05) is 0 Å². The molecule has 24 heavy (non-hydrogen) atoms. The highest BCUT2D eigenvalue weighted by Crippen LogP contribution is 2.44. The standard InChI is InChI=1S/C15H24O9/c1-14(2)21-9-8(6(16)7(17)12(18)19-5)20-13-11(10(9)22-14)23-15(3,4)24-13/h6-11,13,16-17H,1-5H3/t6-,7+,8+,9-,10-,11+,13+/m0/s1. The third-order valence-electron chi connectivity index (χ3n) is 4.29. The predicted octanol–water partition coefficient (Wildman–Crippen LogP) is -0.722. The molecule has 0 amide bonds. The van der Waals surface area contributed by atoms with Crippen LogP contribution >= 0.6 is 0 Å². The Morgan fingerprint density at radius 3 is 2.12 bits per heavy atom. The minimum Gasteiger partial charge on any atom is -0.467 e. The number of carbonyl (C=O) groups is 1. The van der Waals surface area contributed by atoms with Crippen molar-refractivity contribution in [2.24, 2.45) is 0 Å². The van der Waals surface area contributed by atoms with Crippen molar-refractivity contribution in [3.8, 4) is 0 Å². The molecule has 9 heteroatoms. The van der Waals surface area contributed by atoms with E-state index in [1.165, 1.54) is 0 Å². The van der Waals surface area contributed by atoms with Gasteiger partial charge in [-0.05, 0) is 27.7 Å². The molecule has 0 bridgehead atoms. The number of methoxy groups -OCH3 is 1. The third kappa shape index (κ3) is 3.05. The summed E-state index contributed by atoms with van der Waals surface area (Å²) >= 11 is 0. The van der Waals surface area contributed by atoms with E-state index in [1.54, 1.807) is 27.7 Å². The van der Waals surface area contributed by atoms with Gasteiger partial charge >= 0.3 is 5.97 Å².